The molecule has 0 aliphatic heterocycles. The van der Waals surface area contributed by atoms with Gasteiger partial charge in [0.2, 0.25) is 0 Å². The maximum atomic E-state index is 5.68. The van der Waals surface area contributed by atoms with Crippen molar-refractivity contribution in [2.24, 2.45) is 5.84 Å². The quantitative estimate of drug-likeness (QED) is 0.674. The van der Waals surface area contributed by atoms with E-state index in [4.69, 9.17) is 10.3 Å². The van der Waals surface area contributed by atoms with Gasteiger partial charge < -0.3 is 4.42 Å². The number of furan rings is 1. The Morgan fingerprint density at radius 1 is 1.11 bits per heavy atom. The number of nitrogens with one attached hydrogen (secondary N) is 1. The standard InChI is InChI=1S/C14H17BrN2O/c1-8-6-10(3)11(7-9(8)2)14(17-16)12-4-5-13(15)18-12/h4-7,14,17H,16H2,1-3H3. The minimum Gasteiger partial charge on any atom is -0.452 e. The van der Waals surface area contributed by atoms with E-state index in [1.807, 2.05) is 12.1 Å². The SMILES string of the molecule is Cc1cc(C)c(C(NN)c2ccc(Br)o2)cc1C. The van der Waals surface area contributed by atoms with E-state index in [-0.39, 0.29) is 6.04 Å². The van der Waals surface area contributed by atoms with Crippen LogP contribution in [0.3, 0.4) is 0 Å². The molecule has 0 saturated heterocycles. The molecule has 1 aromatic heterocycles. The second-order valence-electron chi connectivity index (χ2n) is 4.53. The van der Waals surface area contributed by atoms with Crippen LogP contribution in [-0.4, -0.2) is 0 Å². The number of aryl methyl sites for hydroxylation is 3. The van der Waals surface area contributed by atoms with Crippen molar-refractivity contribution in [3.05, 3.63) is 56.9 Å². The average Bonchev–Trinajstić information content (AvgIpc) is 2.73. The zero-order chi connectivity index (χ0) is 13.3. The Morgan fingerprint density at radius 2 is 1.78 bits per heavy atom. The summed E-state index contributed by atoms with van der Waals surface area (Å²) in [5.41, 5.74) is 7.70. The highest BCUT2D eigenvalue weighted by Crippen LogP contribution is 2.29. The van der Waals surface area contributed by atoms with Gasteiger partial charge >= 0.3 is 0 Å². The fourth-order valence-electron chi connectivity index (χ4n) is 2.10. The molecular formula is C14H17BrN2O. The molecule has 2 rings (SSSR count). The van der Waals surface area contributed by atoms with Gasteiger partial charge in [0.25, 0.3) is 0 Å². The number of hydrogen-bond acceptors (Lipinski definition) is 3. The van der Waals surface area contributed by atoms with E-state index in [0.29, 0.717) is 4.67 Å². The fourth-order valence-corrected chi connectivity index (χ4v) is 2.42. The summed E-state index contributed by atoms with van der Waals surface area (Å²) < 4.78 is 6.30. The Kier molecular flexibility index (Phi) is 3.90. The van der Waals surface area contributed by atoms with Crippen molar-refractivity contribution in [1.82, 2.24) is 5.43 Å². The number of hydrogen-bond donors (Lipinski definition) is 2. The lowest BCUT2D eigenvalue weighted by atomic mass is 9.95. The van der Waals surface area contributed by atoms with Gasteiger partial charge in [0.1, 0.15) is 11.8 Å². The van der Waals surface area contributed by atoms with Crippen LogP contribution in [0.2, 0.25) is 0 Å². The molecule has 0 amide bonds. The topological polar surface area (TPSA) is 51.2 Å². The molecule has 1 atom stereocenters. The summed E-state index contributed by atoms with van der Waals surface area (Å²) in [6.45, 7) is 6.30. The van der Waals surface area contributed by atoms with E-state index in [0.717, 1.165) is 11.3 Å². The van der Waals surface area contributed by atoms with Gasteiger partial charge in [-0.1, -0.05) is 12.1 Å². The van der Waals surface area contributed by atoms with Gasteiger partial charge in [-0.2, -0.15) is 0 Å². The zero-order valence-electron chi connectivity index (χ0n) is 10.8. The first-order valence-electron chi connectivity index (χ1n) is 5.82. The van der Waals surface area contributed by atoms with E-state index >= 15 is 0 Å². The van der Waals surface area contributed by atoms with Gasteiger partial charge in [-0.3, -0.25) is 5.84 Å². The number of halogens is 1. The zero-order valence-corrected chi connectivity index (χ0v) is 12.3. The van der Waals surface area contributed by atoms with E-state index in [1.165, 1.54) is 16.7 Å². The van der Waals surface area contributed by atoms with Gasteiger partial charge in [-0.15, -0.1) is 0 Å². The summed E-state index contributed by atoms with van der Waals surface area (Å²) in [5, 5.41) is 0. The molecule has 1 heterocycles. The first kappa shape index (κ1) is 13.3. The third-order valence-corrected chi connectivity index (χ3v) is 3.66. The molecule has 18 heavy (non-hydrogen) atoms. The number of hydrazine groups is 1. The Balaban J connectivity index is 2.48. The summed E-state index contributed by atoms with van der Waals surface area (Å²) in [6.07, 6.45) is 0. The number of nitrogens with two attached hydrogens (primary N) is 1. The molecule has 0 bridgehead atoms. The highest BCUT2D eigenvalue weighted by molar-refractivity contribution is 9.10. The van der Waals surface area contributed by atoms with Crippen LogP contribution in [0.25, 0.3) is 0 Å². The lowest BCUT2D eigenvalue weighted by molar-refractivity contribution is 0.436. The lowest BCUT2D eigenvalue weighted by Gasteiger charge is -2.18. The van der Waals surface area contributed by atoms with Crippen LogP contribution in [0.1, 0.15) is 34.1 Å². The van der Waals surface area contributed by atoms with Crippen LogP contribution in [0.15, 0.2) is 33.4 Å². The molecule has 0 saturated carbocycles. The molecule has 0 spiro atoms. The molecule has 96 valence electrons. The van der Waals surface area contributed by atoms with Crippen molar-refractivity contribution >= 4 is 15.9 Å². The van der Waals surface area contributed by atoms with Gasteiger partial charge in [0, 0.05) is 0 Å². The van der Waals surface area contributed by atoms with Crippen molar-refractivity contribution in [3.63, 3.8) is 0 Å². The van der Waals surface area contributed by atoms with Crippen molar-refractivity contribution in [2.75, 3.05) is 0 Å². The number of rotatable bonds is 3. The first-order valence-corrected chi connectivity index (χ1v) is 6.61. The summed E-state index contributed by atoms with van der Waals surface area (Å²) >= 11 is 3.31. The normalized spacial score (nSPS) is 12.7. The van der Waals surface area contributed by atoms with Crippen molar-refractivity contribution in [3.8, 4) is 0 Å². The molecular weight excluding hydrogens is 292 g/mol. The Labute approximate surface area is 115 Å². The van der Waals surface area contributed by atoms with Crippen LogP contribution in [-0.2, 0) is 0 Å². The fraction of sp³-hybridized carbons (Fsp3) is 0.286. The Morgan fingerprint density at radius 3 is 2.33 bits per heavy atom. The van der Waals surface area contributed by atoms with E-state index in [9.17, 15) is 0 Å². The predicted octanol–water partition coefficient (Wildman–Crippen LogP) is 3.52. The largest absolute Gasteiger partial charge is 0.452 e. The van der Waals surface area contributed by atoms with E-state index in [2.05, 4.69) is 54.3 Å². The highest BCUT2D eigenvalue weighted by Gasteiger charge is 2.18. The lowest BCUT2D eigenvalue weighted by Crippen LogP contribution is -2.29. The molecule has 0 aliphatic carbocycles. The molecule has 4 heteroatoms. The monoisotopic (exact) mass is 308 g/mol. The van der Waals surface area contributed by atoms with Crippen LogP contribution in [0, 0.1) is 20.8 Å². The summed E-state index contributed by atoms with van der Waals surface area (Å²) in [6, 6.07) is 7.99. The van der Waals surface area contributed by atoms with Gasteiger partial charge in [-0.25, -0.2) is 5.43 Å². The maximum Gasteiger partial charge on any atom is 0.169 e. The molecule has 0 aliphatic rings. The summed E-state index contributed by atoms with van der Waals surface area (Å²) in [4.78, 5) is 0. The van der Waals surface area contributed by atoms with E-state index in [1.54, 1.807) is 0 Å². The van der Waals surface area contributed by atoms with Crippen molar-refractivity contribution < 1.29 is 4.42 Å². The number of benzene rings is 1. The minimum atomic E-state index is -0.129. The van der Waals surface area contributed by atoms with Crippen LogP contribution in [0.4, 0.5) is 0 Å². The second kappa shape index (κ2) is 5.26. The molecule has 2 aromatic rings. The van der Waals surface area contributed by atoms with E-state index < -0.39 is 0 Å². The molecule has 1 aromatic carbocycles. The summed E-state index contributed by atoms with van der Waals surface area (Å²) in [5.74, 6) is 6.48. The van der Waals surface area contributed by atoms with Gasteiger partial charge in [0.05, 0.1) is 0 Å². The molecule has 3 nitrogen and oxygen atoms in total. The van der Waals surface area contributed by atoms with Crippen molar-refractivity contribution in [1.29, 1.82) is 0 Å². The highest BCUT2D eigenvalue weighted by atomic mass is 79.9. The molecule has 1 unspecified atom stereocenters. The maximum absolute atomic E-state index is 5.68. The molecule has 3 N–H and O–H groups in total. The van der Waals surface area contributed by atoms with Crippen LogP contribution < -0.4 is 11.3 Å². The molecule has 0 radical (unpaired) electrons. The van der Waals surface area contributed by atoms with Gasteiger partial charge in [-0.05, 0) is 71.1 Å². The van der Waals surface area contributed by atoms with Crippen molar-refractivity contribution in [2.45, 2.75) is 26.8 Å². The van der Waals surface area contributed by atoms with Gasteiger partial charge in [0.15, 0.2) is 4.67 Å². The molecule has 0 fully saturated rings. The van der Waals surface area contributed by atoms with Crippen LogP contribution >= 0.6 is 15.9 Å². The average molecular weight is 309 g/mol. The predicted molar refractivity (Wildman–Crippen MR) is 76.2 cm³/mol. The Bertz CT molecular complexity index is 563. The first-order chi connectivity index (χ1) is 8.52. The second-order valence-corrected chi connectivity index (χ2v) is 5.32. The third-order valence-electron chi connectivity index (χ3n) is 3.24. The summed E-state index contributed by atoms with van der Waals surface area (Å²) in [7, 11) is 0. The van der Waals surface area contributed by atoms with Crippen LogP contribution in [0.5, 0.6) is 0 Å². The smallest absolute Gasteiger partial charge is 0.169 e. The third kappa shape index (κ3) is 2.51. The Hall–Kier alpha value is -1.10. The minimum absolute atomic E-state index is 0.129.